The topological polar surface area (TPSA) is 78.8 Å². The number of aromatic nitrogens is 2. The Morgan fingerprint density at radius 1 is 1.08 bits per heavy atom. The van der Waals surface area contributed by atoms with Crippen molar-refractivity contribution in [3.63, 3.8) is 0 Å². The fourth-order valence-corrected chi connectivity index (χ4v) is 4.04. The van der Waals surface area contributed by atoms with E-state index in [0.717, 1.165) is 11.8 Å². The van der Waals surface area contributed by atoms with Crippen LogP contribution in [0.2, 0.25) is 5.02 Å². The fourth-order valence-electron chi connectivity index (χ4n) is 3.86. The largest absolute Gasteiger partial charge is 0.496 e. The lowest BCUT2D eigenvalue weighted by Gasteiger charge is -2.15. The highest BCUT2D eigenvalue weighted by molar-refractivity contribution is 6.30. The quantitative estimate of drug-likeness (QED) is 0.237. The zero-order valence-corrected chi connectivity index (χ0v) is 20.8. The van der Waals surface area contributed by atoms with Gasteiger partial charge in [-0.3, -0.25) is 4.79 Å². The third kappa shape index (κ3) is 4.45. The maximum Gasteiger partial charge on any atom is 0.282 e. The van der Waals surface area contributed by atoms with Crippen molar-refractivity contribution in [2.24, 2.45) is 5.10 Å². The molecule has 0 unspecified atom stereocenters. The van der Waals surface area contributed by atoms with Crippen LogP contribution in [0.15, 0.2) is 81.0 Å². The molecule has 3 aromatic carbocycles. The van der Waals surface area contributed by atoms with Crippen LogP contribution in [0.1, 0.15) is 25.8 Å². The van der Waals surface area contributed by atoms with Crippen LogP contribution < -0.4 is 15.0 Å². The van der Waals surface area contributed by atoms with E-state index in [1.165, 1.54) is 4.68 Å². The molecular weight excluding hydrogens is 478 g/mol. The number of hydrogen-bond donors (Lipinski definition) is 0. The number of rotatable bonds is 7. The number of furan rings is 1. The number of benzene rings is 3. The summed E-state index contributed by atoms with van der Waals surface area (Å²) in [7, 11) is 1.60. The van der Waals surface area contributed by atoms with Crippen molar-refractivity contribution in [1.82, 2.24) is 9.66 Å². The van der Waals surface area contributed by atoms with Gasteiger partial charge in [0.05, 0.1) is 35.7 Å². The summed E-state index contributed by atoms with van der Waals surface area (Å²) < 4.78 is 18.8. The number of hydrogen-bond acceptors (Lipinski definition) is 6. The van der Waals surface area contributed by atoms with Gasteiger partial charge in [0, 0.05) is 10.6 Å². The Morgan fingerprint density at radius 3 is 2.72 bits per heavy atom. The summed E-state index contributed by atoms with van der Waals surface area (Å²) in [5.41, 5.74) is 1.46. The molecular formula is C28H24ClN3O4. The number of fused-ring (bicyclic) bond motifs is 2. The molecule has 0 radical (unpaired) electrons. The fraction of sp³-hybridized carbons (Fsp3) is 0.179. The van der Waals surface area contributed by atoms with Crippen LogP contribution in [-0.4, -0.2) is 29.1 Å². The average molecular weight is 502 g/mol. The highest BCUT2D eigenvalue weighted by atomic mass is 35.5. The second-order valence-electron chi connectivity index (χ2n) is 8.32. The lowest BCUT2D eigenvalue weighted by atomic mass is 10.2. The minimum Gasteiger partial charge on any atom is -0.496 e. The Balaban J connectivity index is 1.70. The van der Waals surface area contributed by atoms with E-state index in [0.29, 0.717) is 44.3 Å². The van der Waals surface area contributed by atoms with Gasteiger partial charge in [0.1, 0.15) is 17.1 Å². The second kappa shape index (κ2) is 9.87. The van der Waals surface area contributed by atoms with E-state index in [1.807, 2.05) is 38.1 Å². The monoisotopic (exact) mass is 501 g/mol. The first-order chi connectivity index (χ1) is 17.5. The van der Waals surface area contributed by atoms with E-state index in [4.69, 9.17) is 30.5 Å². The Kier molecular flexibility index (Phi) is 6.48. The van der Waals surface area contributed by atoms with Crippen LogP contribution in [-0.2, 0) is 0 Å². The summed E-state index contributed by atoms with van der Waals surface area (Å²) in [5, 5.41) is 6.28. The molecule has 1 atom stereocenters. The van der Waals surface area contributed by atoms with E-state index in [2.05, 4.69) is 5.10 Å². The number of halogens is 1. The lowest BCUT2D eigenvalue weighted by Crippen LogP contribution is -2.20. The number of methoxy groups -OCH3 is 1. The van der Waals surface area contributed by atoms with Crippen molar-refractivity contribution in [2.45, 2.75) is 26.4 Å². The molecule has 0 spiro atoms. The lowest BCUT2D eigenvalue weighted by molar-refractivity contribution is 0.217. The molecule has 0 N–H and O–H groups in total. The molecule has 0 aliphatic rings. The van der Waals surface area contributed by atoms with Gasteiger partial charge in [0.2, 0.25) is 5.82 Å². The zero-order chi connectivity index (χ0) is 25.2. The van der Waals surface area contributed by atoms with Gasteiger partial charge in [-0.25, -0.2) is 4.98 Å². The molecule has 0 bridgehead atoms. The first kappa shape index (κ1) is 23.6. The number of ether oxygens (including phenoxy) is 2. The van der Waals surface area contributed by atoms with Gasteiger partial charge in [0.15, 0.2) is 5.76 Å². The predicted molar refractivity (Wildman–Crippen MR) is 143 cm³/mol. The predicted octanol–water partition coefficient (Wildman–Crippen LogP) is 6.53. The Morgan fingerprint density at radius 2 is 1.92 bits per heavy atom. The first-order valence-corrected chi connectivity index (χ1v) is 12.0. The van der Waals surface area contributed by atoms with Gasteiger partial charge in [-0.1, -0.05) is 36.7 Å². The zero-order valence-electron chi connectivity index (χ0n) is 20.1. The van der Waals surface area contributed by atoms with E-state index < -0.39 is 0 Å². The van der Waals surface area contributed by atoms with Crippen LogP contribution in [0.3, 0.4) is 0 Å². The minimum absolute atomic E-state index is 0.00414. The highest BCUT2D eigenvalue weighted by Crippen LogP contribution is 2.33. The van der Waals surface area contributed by atoms with E-state index >= 15 is 0 Å². The second-order valence-corrected chi connectivity index (χ2v) is 8.75. The number of para-hydroxylation sites is 1. The molecule has 2 heterocycles. The van der Waals surface area contributed by atoms with Crippen molar-refractivity contribution in [1.29, 1.82) is 0 Å². The highest BCUT2D eigenvalue weighted by Gasteiger charge is 2.18. The molecule has 8 heteroatoms. The molecule has 182 valence electrons. The Hall–Kier alpha value is -4.10. The van der Waals surface area contributed by atoms with Crippen LogP contribution in [0.25, 0.3) is 33.5 Å². The van der Waals surface area contributed by atoms with Crippen molar-refractivity contribution in [3.8, 4) is 23.1 Å². The van der Waals surface area contributed by atoms with Crippen LogP contribution in [0.5, 0.6) is 11.5 Å². The summed E-state index contributed by atoms with van der Waals surface area (Å²) in [6.07, 6.45) is 2.39. The Labute approximate surface area is 212 Å². The number of nitrogens with zero attached hydrogens (tertiary/aromatic N) is 3. The smallest absolute Gasteiger partial charge is 0.282 e. The summed E-state index contributed by atoms with van der Waals surface area (Å²) in [5.74, 6) is 1.93. The maximum absolute atomic E-state index is 13.5. The third-order valence-corrected chi connectivity index (χ3v) is 6.14. The molecule has 5 rings (SSSR count). The van der Waals surface area contributed by atoms with Crippen LogP contribution >= 0.6 is 11.6 Å². The summed E-state index contributed by atoms with van der Waals surface area (Å²) in [6, 6.07) is 19.7. The van der Waals surface area contributed by atoms with Gasteiger partial charge in [-0.2, -0.15) is 9.78 Å². The van der Waals surface area contributed by atoms with Gasteiger partial charge < -0.3 is 13.9 Å². The van der Waals surface area contributed by atoms with Crippen LogP contribution in [0.4, 0.5) is 0 Å². The van der Waals surface area contributed by atoms with Gasteiger partial charge in [-0.05, 0) is 61.9 Å². The van der Waals surface area contributed by atoms with Crippen molar-refractivity contribution in [3.05, 3.63) is 87.7 Å². The van der Waals surface area contributed by atoms with Crippen LogP contribution in [0, 0.1) is 0 Å². The molecule has 0 amide bonds. The molecule has 0 saturated carbocycles. The van der Waals surface area contributed by atoms with Crippen molar-refractivity contribution >= 4 is 39.7 Å². The SMILES string of the molecule is CC[C@H](C)Oc1ccc(Cl)cc1C=Nn1c(-c2cc3c(OC)cccc3o2)nc2ccccc2c1=O. The molecule has 0 saturated heterocycles. The van der Waals surface area contributed by atoms with Crippen molar-refractivity contribution < 1.29 is 13.9 Å². The normalized spacial score (nSPS) is 12.4. The summed E-state index contributed by atoms with van der Waals surface area (Å²) in [4.78, 5) is 18.3. The molecule has 7 nitrogen and oxygen atoms in total. The molecule has 36 heavy (non-hydrogen) atoms. The van der Waals surface area contributed by atoms with E-state index in [1.54, 1.807) is 55.8 Å². The Bertz CT molecular complexity index is 1650. The minimum atomic E-state index is -0.328. The molecule has 0 fully saturated rings. The first-order valence-electron chi connectivity index (χ1n) is 11.6. The third-order valence-electron chi connectivity index (χ3n) is 5.90. The van der Waals surface area contributed by atoms with Crippen molar-refractivity contribution in [2.75, 3.05) is 7.11 Å². The van der Waals surface area contributed by atoms with E-state index in [9.17, 15) is 4.79 Å². The average Bonchev–Trinajstić information content (AvgIpc) is 3.33. The molecule has 5 aromatic rings. The van der Waals surface area contributed by atoms with E-state index in [-0.39, 0.29) is 17.5 Å². The van der Waals surface area contributed by atoms with Gasteiger partial charge in [-0.15, -0.1) is 0 Å². The van der Waals surface area contributed by atoms with Gasteiger partial charge in [0.25, 0.3) is 5.56 Å². The summed E-state index contributed by atoms with van der Waals surface area (Å²) >= 11 is 6.25. The maximum atomic E-state index is 13.5. The van der Waals surface area contributed by atoms with Gasteiger partial charge >= 0.3 is 0 Å². The standard InChI is InChI=1S/C28H24ClN3O4/c1-4-17(2)35-23-13-12-19(29)14-18(23)16-30-32-27(31-22-9-6-5-8-20(22)28(32)33)26-15-21-24(34-3)10-7-11-25(21)36-26/h5-17H,4H2,1-3H3/t17-/m0/s1. The molecule has 0 aliphatic heterocycles. The molecule has 2 aromatic heterocycles. The molecule has 0 aliphatic carbocycles. The summed E-state index contributed by atoms with van der Waals surface area (Å²) in [6.45, 7) is 4.03.